The molecule has 0 spiro atoms. The van der Waals surface area contributed by atoms with Crippen molar-refractivity contribution in [1.29, 1.82) is 0 Å². The summed E-state index contributed by atoms with van der Waals surface area (Å²) in [5, 5.41) is 3.29. The van der Waals surface area contributed by atoms with Gasteiger partial charge >= 0.3 is 0 Å². The van der Waals surface area contributed by atoms with Crippen LogP contribution in [0, 0.1) is 3.57 Å². The normalized spacial score (nSPS) is 17.0. The van der Waals surface area contributed by atoms with E-state index >= 15 is 0 Å². The third kappa shape index (κ3) is 5.82. The van der Waals surface area contributed by atoms with Crippen LogP contribution in [-0.4, -0.2) is 40.8 Å². The van der Waals surface area contributed by atoms with Gasteiger partial charge in [-0.1, -0.05) is 0 Å². The minimum atomic E-state index is -3.40. The van der Waals surface area contributed by atoms with Gasteiger partial charge in [0.15, 0.2) is 0 Å². The Morgan fingerprint density at radius 3 is 2.57 bits per heavy atom. The van der Waals surface area contributed by atoms with E-state index in [-0.39, 0.29) is 0 Å². The van der Waals surface area contributed by atoms with Crippen molar-refractivity contribution >= 4 is 32.6 Å². The standard InChI is InChI=1S/C14H21IN2O3S/c15-12-2-4-14(5-3-12)21(18,19)17-8-1-11-20-13-6-9-16-10-7-13/h2-5,13,16-17H,1,6-11H2. The first-order valence-corrected chi connectivity index (χ1v) is 9.72. The van der Waals surface area contributed by atoms with Crippen LogP contribution in [0.15, 0.2) is 29.2 Å². The molecule has 1 saturated heterocycles. The minimum absolute atomic E-state index is 0.308. The molecule has 0 aromatic heterocycles. The van der Waals surface area contributed by atoms with E-state index in [0.717, 1.165) is 29.5 Å². The van der Waals surface area contributed by atoms with E-state index in [4.69, 9.17) is 4.74 Å². The van der Waals surface area contributed by atoms with Gasteiger partial charge in [0.1, 0.15) is 0 Å². The van der Waals surface area contributed by atoms with Gasteiger partial charge in [-0.25, -0.2) is 13.1 Å². The molecule has 118 valence electrons. The number of halogens is 1. The summed E-state index contributed by atoms with van der Waals surface area (Å²) in [4.78, 5) is 0.308. The third-order valence-corrected chi connectivity index (χ3v) is 5.57. The molecule has 0 amide bonds. The van der Waals surface area contributed by atoms with Gasteiger partial charge in [0.25, 0.3) is 0 Å². The number of sulfonamides is 1. The van der Waals surface area contributed by atoms with Crippen LogP contribution >= 0.6 is 22.6 Å². The molecule has 1 fully saturated rings. The van der Waals surface area contributed by atoms with Crippen molar-refractivity contribution in [3.05, 3.63) is 27.8 Å². The lowest BCUT2D eigenvalue weighted by Gasteiger charge is -2.22. The molecular weight excluding hydrogens is 403 g/mol. The van der Waals surface area contributed by atoms with Gasteiger partial charge in [0.2, 0.25) is 10.0 Å². The van der Waals surface area contributed by atoms with Gasteiger partial charge in [-0.15, -0.1) is 0 Å². The number of hydrogen-bond donors (Lipinski definition) is 2. The lowest BCUT2D eigenvalue weighted by atomic mass is 10.1. The molecule has 1 aliphatic heterocycles. The Kier molecular flexibility index (Phi) is 6.87. The first-order chi connectivity index (χ1) is 10.1. The highest BCUT2D eigenvalue weighted by Crippen LogP contribution is 2.12. The van der Waals surface area contributed by atoms with E-state index in [1.54, 1.807) is 24.3 Å². The first kappa shape index (κ1) is 17.1. The van der Waals surface area contributed by atoms with Crippen LogP contribution in [-0.2, 0) is 14.8 Å². The zero-order chi connectivity index (χ0) is 15.1. The Balaban J connectivity index is 1.68. The van der Waals surface area contributed by atoms with E-state index in [1.807, 2.05) is 0 Å². The highest BCUT2D eigenvalue weighted by Gasteiger charge is 2.14. The fraction of sp³-hybridized carbons (Fsp3) is 0.571. The zero-order valence-electron chi connectivity index (χ0n) is 11.8. The number of benzene rings is 1. The second-order valence-electron chi connectivity index (χ2n) is 5.03. The molecule has 0 aliphatic carbocycles. The van der Waals surface area contributed by atoms with Crippen molar-refractivity contribution in [2.75, 3.05) is 26.2 Å². The number of piperidine rings is 1. The fourth-order valence-electron chi connectivity index (χ4n) is 2.19. The molecule has 0 atom stereocenters. The Morgan fingerprint density at radius 2 is 1.90 bits per heavy atom. The average molecular weight is 424 g/mol. The summed E-state index contributed by atoms with van der Waals surface area (Å²) >= 11 is 2.15. The van der Waals surface area contributed by atoms with Gasteiger partial charge in [-0.2, -0.15) is 0 Å². The molecule has 5 nitrogen and oxygen atoms in total. The zero-order valence-corrected chi connectivity index (χ0v) is 14.8. The molecule has 0 bridgehead atoms. The average Bonchev–Trinajstić information content (AvgIpc) is 2.48. The maximum absolute atomic E-state index is 12.0. The number of nitrogens with one attached hydrogen (secondary N) is 2. The maximum atomic E-state index is 12.0. The molecule has 0 unspecified atom stereocenters. The highest BCUT2D eigenvalue weighted by molar-refractivity contribution is 14.1. The molecule has 1 heterocycles. The van der Waals surface area contributed by atoms with Crippen LogP contribution in [0.1, 0.15) is 19.3 Å². The van der Waals surface area contributed by atoms with Crippen LogP contribution in [0.25, 0.3) is 0 Å². The number of ether oxygens (including phenoxy) is 1. The van der Waals surface area contributed by atoms with Gasteiger partial charge in [-0.05, 0) is 79.2 Å². The molecule has 0 radical (unpaired) electrons. The summed E-state index contributed by atoms with van der Waals surface area (Å²) in [6.07, 6.45) is 3.08. The minimum Gasteiger partial charge on any atom is -0.378 e. The first-order valence-electron chi connectivity index (χ1n) is 7.15. The van der Waals surface area contributed by atoms with E-state index in [9.17, 15) is 8.42 Å². The Hall–Kier alpha value is -0.220. The maximum Gasteiger partial charge on any atom is 0.240 e. The second-order valence-corrected chi connectivity index (χ2v) is 8.04. The van der Waals surface area contributed by atoms with E-state index in [2.05, 4.69) is 32.6 Å². The summed E-state index contributed by atoms with van der Waals surface area (Å²) in [7, 11) is -3.40. The fourth-order valence-corrected chi connectivity index (χ4v) is 3.62. The topological polar surface area (TPSA) is 67.4 Å². The molecular formula is C14H21IN2O3S. The number of hydrogen-bond acceptors (Lipinski definition) is 4. The molecule has 2 N–H and O–H groups in total. The van der Waals surface area contributed by atoms with Gasteiger partial charge in [0.05, 0.1) is 11.0 Å². The third-order valence-electron chi connectivity index (χ3n) is 3.38. The second kappa shape index (κ2) is 8.42. The Labute approximate surface area is 140 Å². The van der Waals surface area contributed by atoms with E-state index < -0.39 is 10.0 Å². The van der Waals surface area contributed by atoms with Crippen molar-refractivity contribution in [1.82, 2.24) is 10.0 Å². The number of rotatable bonds is 7. The summed E-state index contributed by atoms with van der Waals surface area (Å²) in [5.74, 6) is 0. The Morgan fingerprint density at radius 1 is 1.24 bits per heavy atom. The molecule has 2 rings (SSSR count). The van der Waals surface area contributed by atoms with Gasteiger partial charge < -0.3 is 10.1 Å². The quantitative estimate of drug-likeness (QED) is 0.517. The van der Waals surface area contributed by atoms with E-state index in [1.165, 1.54) is 0 Å². The monoisotopic (exact) mass is 424 g/mol. The van der Waals surface area contributed by atoms with Crippen LogP contribution in [0.2, 0.25) is 0 Å². The van der Waals surface area contributed by atoms with Crippen molar-refractivity contribution in [3.8, 4) is 0 Å². The van der Waals surface area contributed by atoms with Crippen molar-refractivity contribution in [2.45, 2.75) is 30.3 Å². The summed E-state index contributed by atoms with van der Waals surface area (Å²) in [6.45, 7) is 3.01. The van der Waals surface area contributed by atoms with Crippen LogP contribution in [0.3, 0.4) is 0 Å². The van der Waals surface area contributed by atoms with Gasteiger partial charge in [0, 0.05) is 16.7 Å². The molecule has 1 aliphatic rings. The van der Waals surface area contributed by atoms with Gasteiger partial charge in [-0.3, -0.25) is 0 Å². The van der Waals surface area contributed by atoms with Crippen molar-refractivity contribution < 1.29 is 13.2 Å². The van der Waals surface area contributed by atoms with Crippen molar-refractivity contribution in [2.24, 2.45) is 0 Å². The van der Waals surface area contributed by atoms with Crippen molar-refractivity contribution in [3.63, 3.8) is 0 Å². The van der Waals surface area contributed by atoms with E-state index in [0.29, 0.717) is 30.6 Å². The summed E-state index contributed by atoms with van der Waals surface area (Å²) in [6, 6.07) is 6.82. The summed E-state index contributed by atoms with van der Waals surface area (Å²) in [5.41, 5.74) is 0. The largest absolute Gasteiger partial charge is 0.378 e. The van der Waals surface area contributed by atoms with Crippen LogP contribution < -0.4 is 10.0 Å². The molecule has 0 saturated carbocycles. The molecule has 7 heteroatoms. The van der Waals surface area contributed by atoms with Crippen LogP contribution in [0.5, 0.6) is 0 Å². The Bertz CT molecular complexity index is 528. The smallest absolute Gasteiger partial charge is 0.240 e. The lowest BCUT2D eigenvalue weighted by molar-refractivity contribution is 0.0322. The molecule has 21 heavy (non-hydrogen) atoms. The predicted octanol–water partition coefficient (Wildman–Crippen LogP) is 1.73. The lowest BCUT2D eigenvalue weighted by Crippen LogP contribution is -2.33. The predicted molar refractivity (Wildman–Crippen MR) is 90.8 cm³/mol. The summed E-state index contributed by atoms with van der Waals surface area (Å²) < 4.78 is 33.5. The highest BCUT2D eigenvalue weighted by atomic mass is 127. The molecule has 1 aromatic carbocycles. The molecule has 1 aromatic rings. The van der Waals surface area contributed by atoms with Crippen LogP contribution in [0.4, 0.5) is 0 Å². The SMILES string of the molecule is O=S(=O)(NCCCOC1CCNCC1)c1ccc(I)cc1.